The molecule has 0 aliphatic heterocycles. The van der Waals surface area contributed by atoms with Crippen LogP contribution in [0.3, 0.4) is 0 Å². The molecular weight excluding hydrogens is 280 g/mol. The zero-order chi connectivity index (χ0) is 13.8. The van der Waals surface area contributed by atoms with Crippen LogP contribution in [0.25, 0.3) is 0 Å². The van der Waals surface area contributed by atoms with E-state index in [1.54, 1.807) is 0 Å². The summed E-state index contributed by atoms with van der Waals surface area (Å²) in [6.07, 6.45) is 1.79. The fraction of sp³-hybridized carbons (Fsp3) is 0.625. The van der Waals surface area contributed by atoms with Gasteiger partial charge < -0.3 is 4.98 Å². The molecule has 0 spiro atoms. The smallest absolute Gasteiger partial charge is 0.257 e. The van der Waals surface area contributed by atoms with Crippen molar-refractivity contribution in [1.29, 1.82) is 0 Å². The number of hydrogen-bond acceptors (Lipinski definition) is 5. The van der Waals surface area contributed by atoms with Gasteiger partial charge in [-0.15, -0.1) is 0 Å². The molecule has 0 aromatic carbocycles. The number of imidazole rings is 1. The average molecular weight is 296 g/mol. The van der Waals surface area contributed by atoms with E-state index in [1.807, 2.05) is 6.92 Å². The lowest BCUT2D eigenvalue weighted by Gasteiger charge is -2.04. The standard InChI is InChI=1S/C8H16N4O4S2/c1-3-7-10-6-8(12-7)18(15,16)11-4-5-17(13,14)9-2/h6,9,11H,3-5H2,1-2H3,(H,10,12). The van der Waals surface area contributed by atoms with E-state index in [1.165, 1.54) is 13.2 Å². The van der Waals surface area contributed by atoms with Crippen LogP contribution in [0.5, 0.6) is 0 Å². The van der Waals surface area contributed by atoms with Gasteiger partial charge in [-0.25, -0.2) is 31.3 Å². The quantitative estimate of drug-likeness (QED) is 0.583. The van der Waals surface area contributed by atoms with Crippen molar-refractivity contribution in [2.24, 2.45) is 0 Å². The fourth-order valence-corrected chi connectivity index (χ4v) is 2.82. The Bertz CT molecular complexity index is 590. The lowest BCUT2D eigenvalue weighted by Crippen LogP contribution is -2.33. The number of sulfonamides is 2. The number of aromatic amines is 1. The molecule has 0 saturated heterocycles. The van der Waals surface area contributed by atoms with Crippen molar-refractivity contribution in [2.75, 3.05) is 19.3 Å². The van der Waals surface area contributed by atoms with Crippen molar-refractivity contribution in [3.63, 3.8) is 0 Å². The van der Waals surface area contributed by atoms with E-state index in [0.717, 1.165) is 0 Å². The van der Waals surface area contributed by atoms with Gasteiger partial charge in [0.1, 0.15) is 5.82 Å². The Morgan fingerprint density at radius 1 is 1.33 bits per heavy atom. The molecule has 10 heteroatoms. The Morgan fingerprint density at radius 3 is 2.50 bits per heavy atom. The highest BCUT2D eigenvalue weighted by molar-refractivity contribution is 7.90. The first kappa shape index (κ1) is 15.1. The van der Waals surface area contributed by atoms with Crippen molar-refractivity contribution in [3.8, 4) is 0 Å². The van der Waals surface area contributed by atoms with Crippen molar-refractivity contribution in [3.05, 3.63) is 12.0 Å². The van der Waals surface area contributed by atoms with Crippen molar-refractivity contribution < 1.29 is 16.8 Å². The first-order valence-electron chi connectivity index (χ1n) is 5.25. The predicted octanol–water partition coefficient (Wildman–Crippen LogP) is -1.20. The van der Waals surface area contributed by atoms with Crippen molar-refractivity contribution in [1.82, 2.24) is 19.4 Å². The second-order valence-corrected chi connectivity index (χ2v) is 7.25. The molecule has 0 bridgehead atoms. The van der Waals surface area contributed by atoms with E-state index in [9.17, 15) is 16.8 Å². The first-order valence-corrected chi connectivity index (χ1v) is 8.39. The minimum Gasteiger partial charge on any atom is -0.332 e. The Hall–Kier alpha value is -0.970. The monoisotopic (exact) mass is 296 g/mol. The molecule has 104 valence electrons. The van der Waals surface area contributed by atoms with Crippen LogP contribution < -0.4 is 9.44 Å². The summed E-state index contributed by atoms with van der Waals surface area (Å²) in [6, 6.07) is 0. The zero-order valence-electron chi connectivity index (χ0n) is 10.1. The van der Waals surface area contributed by atoms with Gasteiger partial charge in [-0.05, 0) is 7.05 Å². The van der Waals surface area contributed by atoms with E-state index in [2.05, 4.69) is 19.4 Å². The summed E-state index contributed by atoms with van der Waals surface area (Å²) < 4.78 is 50.0. The summed E-state index contributed by atoms with van der Waals surface area (Å²) in [6.45, 7) is 1.63. The van der Waals surface area contributed by atoms with Crippen molar-refractivity contribution >= 4 is 20.0 Å². The van der Waals surface area contributed by atoms with Crippen molar-refractivity contribution in [2.45, 2.75) is 18.4 Å². The largest absolute Gasteiger partial charge is 0.332 e. The Labute approximate surface area is 106 Å². The lowest BCUT2D eigenvalue weighted by molar-refractivity contribution is 0.576. The third-order valence-electron chi connectivity index (χ3n) is 2.20. The molecule has 0 aliphatic rings. The van der Waals surface area contributed by atoms with Gasteiger partial charge >= 0.3 is 0 Å². The van der Waals surface area contributed by atoms with E-state index in [4.69, 9.17) is 0 Å². The third kappa shape index (κ3) is 4.05. The van der Waals surface area contributed by atoms with Gasteiger partial charge in [-0.2, -0.15) is 0 Å². The topological polar surface area (TPSA) is 121 Å². The number of aryl methyl sites for hydroxylation is 1. The highest BCUT2D eigenvalue weighted by Gasteiger charge is 2.17. The summed E-state index contributed by atoms with van der Waals surface area (Å²) >= 11 is 0. The predicted molar refractivity (Wildman–Crippen MR) is 66.0 cm³/mol. The summed E-state index contributed by atoms with van der Waals surface area (Å²) in [5.74, 6) is 0.232. The number of aromatic nitrogens is 2. The van der Waals surface area contributed by atoms with E-state index in [-0.39, 0.29) is 17.3 Å². The minimum atomic E-state index is -3.74. The molecule has 0 aliphatic carbocycles. The molecule has 1 aromatic heterocycles. The number of nitrogens with one attached hydrogen (secondary N) is 3. The molecule has 1 rings (SSSR count). The van der Waals surface area contributed by atoms with Gasteiger partial charge in [0, 0.05) is 13.0 Å². The molecule has 0 saturated carbocycles. The van der Waals surface area contributed by atoms with Gasteiger partial charge in [0.2, 0.25) is 10.0 Å². The highest BCUT2D eigenvalue weighted by Crippen LogP contribution is 2.05. The second-order valence-electron chi connectivity index (χ2n) is 3.47. The molecule has 18 heavy (non-hydrogen) atoms. The Balaban J connectivity index is 2.66. The van der Waals surface area contributed by atoms with Crippen LogP contribution in [-0.2, 0) is 26.5 Å². The number of nitrogens with zero attached hydrogens (tertiary/aromatic N) is 1. The molecule has 3 N–H and O–H groups in total. The average Bonchev–Trinajstić information content (AvgIpc) is 2.77. The molecule has 0 fully saturated rings. The van der Waals surface area contributed by atoms with Crippen LogP contribution in [0, 0.1) is 0 Å². The number of hydrogen-bond donors (Lipinski definition) is 3. The molecular formula is C8H16N4O4S2. The number of rotatable bonds is 7. The van der Waals surface area contributed by atoms with E-state index in [0.29, 0.717) is 12.2 Å². The maximum atomic E-state index is 11.7. The Morgan fingerprint density at radius 2 is 2.00 bits per heavy atom. The summed E-state index contributed by atoms with van der Waals surface area (Å²) in [7, 11) is -5.90. The summed E-state index contributed by atoms with van der Waals surface area (Å²) in [4.78, 5) is 6.51. The minimum absolute atomic E-state index is 0.0683. The second kappa shape index (κ2) is 5.78. The maximum Gasteiger partial charge on any atom is 0.257 e. The maximum absolute atomic E-state index is 11.7. The zero-order valence-corrected chi connectivity index (χ0v) is 11.7. The van der Waals surface area contributed by atoms with E-state index >= 15 is 0 Å². The third-order valence-corrected chi connectivity index (χ3v) is 4.94. The van der Waals surface area contributed by atoms with Crippen LogP contribution in [0.4, 0.5) is 0 Å². The van der Waals surface area contributed by atoms with Crippen LogP contribution in [-0.4, -0.2) is 46.1 Å². The molecule has 0 unspecified atom stereocenters. The van der Waals surface area contributed by atoms with Crippen LogP contribution in [0.2, 0.25) is 0 Å². The van der Waals surface area contributed by atoms with Crippen LogP contribution in [0.15, 0.2) is 11.2 Å². The molecule has 0 amide bonds. The molecule has 1 heterocycles. The van der Waals surface area contributed by atoms with Gasteiger partial charge in [0.15, 0.2) is 5.03 Å². The number of H-pyrrole nitrogens is 1. The molecule has 0 atom stereocenters. The SMILES string of the molecule is CCc1ncc(S(=O)(=O)NCCS(=O)(=O)NC)[nH]1. The van der Waals surface area contributed by atoms with Gasteiger partial charge in [0.25, 0.3) is 10.0 Å². The molecule has 0 radical (unpaired) electrons. The normalized spacial score (nSPS) is 12.8. The van der Waals surface area contributed by atoms with Crippen LogP contribution in [0.1, 0.15) is 12.7 Å². The van der Waals surface area contributed by atoms with Gasteiger partial charge in [-0.3, -0.25) is 0 Å². The lowest BCUT2D eigenvalue weighted by atomic mass is 10.5. The molecule has 8 nitrogen and oxygen atoms in total. The van der Waals surface area contributed by atoms with Crippen LogP contribution >= 0.6 is 0 Å². The fourth-order valence-electron chi connectivity index (χ4n) is 1.15. The van der Waals surface area contributed by atoms with Gasteiger partial charge in [-0.1, -0.05) is 6.92 Å². The van der Waals surface area contributed by atoms with E-state index < -0.39 is 20.0 Å². The van der Waals surface area contributed by atoms with Gasteiger partial charge in [0.05, 0.1) is 11.9 Å². The molecule has 1 aromatic rings. The Kier molecular flexibility index (Phi) is 4.85. The summed E-state index contributed by atoms with van der Waals surface area (Å²) in [5, 5.41) is -0.0683. The first-order chi connectivity index (χ1) is 8.30. The highest BCUT2D eigenvalue weighted by atomic mass is 32.2. The summed E-state index contributed by atoms with van der Waals surface area (Å²) in [5.41, 5.74) is 0.